The van der Waals surface area contributed by atoms with E-state index >= 15 is 0 Å². The van der Waals surface area contributed by atoms with Crippen LogP contribution in [0.4, 0.5) is 5.69 Å². The Bertz CT molecular complexity index is 1300. The molecular formula is C23H19BrClN3O4S. The summed E-state index contributed by atoms with van der Waals surface area (Å²) < 4.78 is 34.2. The minimum Gasteiger partial charge on any atom is -0.489 e. The molecule has 0 unspecified atom stereocenters. The van der Waals surface area contributed by atoms with E-state index in [2.05, 4.69) is 37.8 Å². The fraction of sp³-hybridized carbons (Fsp3) is 0.0435. The second-order valence-electron chi connectivity index (χ2n) is 6.59. The number of carbonyl (C=O) groups is 1. The molecule has 0 aliphatic carbocycles. The van der Waals surface area contributed by atoms with Crippen LogP contribution in [0.1, 0.15) is 15.9 Å². The van der Waals surface area contributed by atoms with Crippen LogP contribution < -0.4 is 14.9 Å². The highest BCUT2D eigenvalue weighted by Gasteiger charge is 2.18. The molecule has 0 aromatic heterocycles. The zero-order chi connectivity index (χ0) is 23.8. The number of sulfonamides is 1. The molecular weight excluding hydrogens is 530 g/mol. The van der Waals surface area contributed by atoms with Crippen LogP contribution in [0.3, 0.4) is 0 Å². The molecule has 0 heterocycles. The summed E-state index contributed by atoms with van der Waals surface area (Å²) in [4.78, 5) is 12.7. The molecule has 0 aliphatic rings. The molecule has 170 valence electrons. The fourth-order valence-electron chi connectivity index (χ4n) is 2.71. The zero-order valence-corrected chi connectivity index (χ0v) is 20.3. The van der Waals surface area contributed by atoms with Crippen molar-refractivity contribution in [2.24, 2.45) is 5.10 Å². The number of nitrogens with one attached hydrogen (secondary N) is 2. The van der Waals surface area contributed by atoms with E-state index in [1.54, 1.807) is 30.3 Å². The minimum atomic E-state index is -3.93. The van der Waals surface area contributed by atoms with Crippen LogP contribution in [0.5, 0.6) is 5.75 Å². The summed E-state index contributed by atoms with van der Waals surface area (Å²) >= 11 is 9.21. The van der Waals surface area contributed by atoms with E-state index in [1.807, 2.05) is 6.07 Å². The van der Waals surface area contributed by atoms with Gasteiger partial charge in [-0.3, -0.25) is 9.52 Å². The third-order valence-electron chi connectivity index (χ3n) is 4.24. The number of rotatable bonds is 9. The zero-order valence-electron chi connectivity index (χ0n) is 17.2. The first-order chi connectivity index (χ1) is 15.8. The molecule has 1 amide bonds. The van der Waals surface area contributed by atoms with Crippen LogP contribution in [0, 0.1) is 0 Å². The molecule has 3 rings (SSSR count). The van der Waals surface area contributed by atoms with Gasteiger partial charge in [-0.15, -0.1) is 0 Å². The molecule has 0 radical (unpaired) electrons. The summed E-state index contributed by atoms with van der Waals surface area (Å²) in [6.45, 7) is 3.93. The van der Waals surface area contributed by atoms with Crippen LogP contribution in [0.25, 0.3) is 0 Å². The van der Waals surface area contributed by atoms with Gasteiger partial charge in [0.2, 0.25) is 0 Å². The number of hydrogen-bond donors (Lipinski definition) is 2. The Morgan fingerprint density at radius 2 is 1.85 bits per heavy atom. The molecule has 2 N–H and O–H groups in total. The van der Waals surface area contributed by atoms with Gasteiger partial charge in [0, 0.05) is 15.1 Å². The van der Waals surface area contributed by atoms with Crippen LogP contribution in [0.2, 0.25) is 5.02 Å². The van der Waals surface area contributed by atoms with Gasteiger partial charge in [0.1, 0.15) is 12.4 Å². The Labute approximate surface area is 205 Å². The molecule has 0 atom stereocenters. The smallest absolute Gasteiger partial charge is 0.273 e. The molecule has 0 saturated carbocycles. The lowest BCUT2D eigenvalue weighted by Gasteiger charge is -2.12. The van der Waals surface area contributed by atoms with Crippen LogP contribution in [0.15, 0.2) is 93.9 Å². The van der Waals surface area contributed by atoms with E-state index in [0.29, 0.717) is 22.9 Å². The fourth-order valence-corrected chi connectivity index (χ4v) is 4.29. The van der Waals surface area contributed by atoms with Crippen LogP contribution in [-0.4, -0.2) is 27.1 Å². The first-order valence-electron chi connectivity index (χ1n) is 9.54. The van der Waals surface area contributed by atoms with Gasteiger partial charge in [0.25, 0.3) is 15.9 Å². The van der Waals surface area contributed by atoms with Crippen molar-refractivity contribution in [1.82, 2.24) is 5.43 Å². The second kappa shape index (κ2) is 11.1. The number of hydrazone groups is 1. The molecule has 0 fully saturated rings. The summed E-state index contributed by atoms with van der Waals surface area (Å²) in [7, 11) is -3.93. The van der Waals surface area contributed by atoms with E-state index in [4.69, 9.17) is 16.3 Å². The first-order valence-corrected chi connectivity index (χ1v) is 12.2. The van der Waals surface area contributed by atoms with Crippen LogP contribution in [-0.2, 0) is 10.0 Å². The number of benzene rings is 3. The average molecular weight is 549 g/mol. The highest BCUT2D eigenvalue weighted by atomic mass is 79.9. The number of ether oxygens (including phenoxy) is 1. The summed E-state index contributed by atoms with van der Waals surface area (Å²) in [6, 6.07) is 17.3. The van der Waals surface area contributed by atoms with Crippen molar-refractivity contribution < 1.29 is 17.9 Å². The molecule has 0 bridgehead atoms. The summed E-state index contributed by atoms with van der Waals surface area (Å²) in [5.74, 6) is -0.0311. The number of halogens is 2. The van der Waals surface area contributed by atoms with Gasteiger partial charge in [-0.2, -0.15) is 5.10 Å². The van der Waals surface area contributed by atoms with Crippen molar-refractivity contribution in [3.8, 4) is 5.75 Å². The average Bonchev–Trinajstić information content (AvgIpc) is 2.79. The molecule has 0 aliphatic heterocycles. The van der Waals surface area contributed by atoms with Crippen molar-refractivity contribution in [1.29, 1.82) is 0 Å². The minimum absolute atomic E-state index is 0.0156. The van der Waals surface area contributed by atoms with Gasteiger partial charge in [0.05, 0.1) is 22.4 Å². The standard InChI is InChI=1S/C23H19BrClN3O4S/c1-2-13-32-22-12-7-17(24)14-16(22)15-26-27-23(29)20-5-3-4-6-21(20)28-33(30,31)19-10-8-18(25)9-11-19/h2-12,14-15,28H,1,13H2,(H,27,29). The maximum absolute atomic E-state index is 12.7. The first kappa shape index (κ1) is 24.5. The highest BCUT2D eigenvalue weighted by molar-refractivity contribution is 9.10. The highest BCUT2D eigenvalue weighted by Crippen LogP contribution is 2.23. The van der Waals surface area contributed by atoms with E-state index in [-0.39, 0.29) is 16.1 Å². The van der Waals surface area contributed by atoms with E-state index in [1.165, 1.54) is 42.6 Å². The van der Waals surface area contributed by atoms with Crippen LogP contribution >= 0.6 is 27.5 Å². The number of nitrogens with zero attached hydrogens (tertiary/aromatic N) is 1. The van der Waals surface area contributed by atoms with Gasteiger partial charge < -0.3 is 4.74 Å². The molecule has 7 nitrogen and oxygen atoms in total. The second-order valence-corrected chi connectivity index (χ2v) is 9.62. The van der Waals surface area contributed by atoms with Gasteiger partial charge >= 0.3 is 0 Å². The van der Waals surface area contributed by atoms with E-state index < -0.39 is 15.9 Å². The topological polar surface area (TPSA) is 96.9 Å². The van der Waals surface area contributed by atoms with Crippen molar-refractivity contribution in [2.45, 2.75) is 4.90 Å². The molecule has 3 aromatic rings. The van der Waals surface area contributed by atoms with Gasteiger partial charge in [-0.05, 0) is 54.6 Å². The molecule has 10 heteroatoms. The maximum Gasteiger partial charge on any atom is 0.273 e. The van der Waals surface area contributed by atoms with Crippen molar-refractivity contribution >= 4 is 55.4 Å². The lowest BCUT2D eigenvalue weighted by atomic mass is 10.2. The largest absolute Gasteiger partial charge is 0.489 e. The lowest BCUT2D eigenvalue weighted by molar-refractivity contribution is 0.0956. The normalized spacial score (nSPS) is 11.2. The Hall–Kier alpha value is -3.14. The predicted octanol–water partition coefficient (Wildman–Crippen LogP) is 5.23. The number of amides is 1. The summed E-state index contributed by atoms with van der Waals surface area (Å²) in [6.07, 6.45) is 3.05. The Kier molecular flexibility index (Phi) is 8.26. The van der Waals surface area contributed by atoms with Gasteiger partial charge in [-0.1, -0.05) is 52.3 Å². The Morgan fingerprint density at radius 3 is 2.58 bits per heavy atom. The Morgan fingerprint density at radius 1 is 1.12 bits per heavy atom. The number of para-hydroxylation sites is 1. The van der Waals surface area contributed by atoms with E-state index in [9.17, 15) is 13.2 Å². The number of carbonyl (C=O) groups excluding carboxylic acids is 1. The SMILES string of the molecule is C=CCOc1ccc(Br)cc1C=NNC(=O)c1ccccc1NS(=O)(=O)c1ccc(Cl)cc1. The molecule has 3 aromatic carbocycles. The van der Waals surface area contributed by atoms with Gasteiger partial charge in [0.15, 0.2) is 0 Å². The molecule has 0 spiro atoms. The summed E-state index contributed by atoms with van der Waals surface area (Å²) in [5.41, 5.74) is 3.25. The van der Waals surface area contributed by atoms with Gasteiger partial charge in [-0.25, -0.2) is 13.8 Å². The third kappa shape index (κ3) is 6.67. The molecule has 0 saturated heterocycles. The monoisotopic (exact) mass is 547 g/mol. The van der Waals surface area contributed by atoms with E-state index in [0.717, 1.165) is 4.47 Å². The predicted molar refractivity (Wildman–Crippen MR) is 134 cm³/mol. The number of hydrogen-bond acceptors (Lipinski definition) is 5. The van der Waals surface area contributed by atoms with Crippen molar-refractivity contribution in [2.75, 3.05) is 11.3 Å². The third-order valence-corrected chi connectivity index (χ3v) is 6.36. The van der Waals surface area contributed by atoms with Crippen molar-refractivity contribution in [3.63, 3.8) is 0 Å². The maximum atomic E-state index is 12.7. The quantitative estimate of drug-likeness (QED) is 0.217. The molecule has 33 heavy (non-hydrogen) atoms. The lowest BCUT2D eigenvalue weighted by Crippen LogP contribution is -2.21. The van der Waals surface area contributed by atoms with Crippen molar-refractivity contribution in [3.05, 3.63) is 100 Å². The number of anilines is 1. The Balaban J connectivity index is 1.78. The summed E-state index contributed by atoms with van der Waals surface area (Å²) in [5, 5.41) is 4.40.